The summed E-state index contributed by atoms with van der Waals surface area (Å²) in [5.74, 6) is -2.66. The lowest BCUT2D eigenvalue weighted by Crippen LogP contribution is -2.42. The van der Waals surface area contributed by atoms with Crippen molar-refractivity contribution in [2.45, 2.75) is 70.7 Å². The topological polar surface area (TPSA) is 128 Å². The Bertz CT molecular complexity index is 1380. The van der Waals surface area contributed by atoms with Gasteiger partial charge in [-0.2, -0.15) is 18.3 Å². The molecule has 3 heterocycles. The van der Waals surface area contributed by atoms with Crippen LogP contribution in [0.5, 0.6) is 0 Å². The first-order chi connectivity index (χ1) is 19.7. The Hall–Kier alpha value is -4.16. The van der Waals surface area contributed by atoms with Crippen molar-refractivity contribution in [3.05, 3.63) is 65.7 Å². The van der Waals surface area contributed by atoms with Gasteiger partial charge in [-0.3, -0.25) is 9.48 Å². The number of piperidine rings is 1. The Morgan fingerprint density at radius 1 is 1.12 bits per heavy atom. The van der Waals surface area contributed by atoms with Gasteiger partial charge in [-0.15, -0.1) is 0 Å². The molecule has 4 rings (SSSR count). The highest BCUT2D eigenvalue weighted by Crippen LogP contribution is 2.38. The lowest BCUT2D eigenvalue weighted by atomic mass is 9.83. The van der Waals surface area contributed by atoms with Gasteiger partial charge in [0.25, 0.3) is 0 Å². The Labute approximate surface area is 242 Å². The van der Waals surface area contributed by atoms with Gasteiger partial charge in [0.15, 0.2) is 0 Å². The predicted octanol–water partition coefficient (Wildman–Crippen LogP) is 5.46. The van der Waals surface area contributed by atoms with Gasteiger partial charge in [0.1, 0.15) is 5.60 Å². The molecule has 1 aliphatic rings. The third kappa shape index (κ3) is 7.77. The van der Waals surface area contributed by atoms with Crippen LogP contribution in [0.15, 0.2) is 48.9 Å². The van der Waals surface area contributed by atoms with Gasteiger partial charge in [-0.25, -0.2) is 14.8 Å². The van der Waals surface area contributed by atoms with E-state index in [0.29, 0.717) is 31.6 Å². The van der Waals surface area contributed by atoms with E-state index in [1.54, 1.807) is 46.1 Å². The lowest BCUT2D eigenvalue weighted by molar-refractivity contribution is -0.139. The van der Waals surface area contributed by atoms with Crippen LogP contribution in [0.2, 0.25) is 0 Å². The number of benzene rings is 1. The van der Waals surface area contributed by atoms with Crippen LogP contribution in [0.25, 0.3) is 0 Å². The van der Waals surface area contributed by atoms with E-state index < -0.39 is 35.1 Å². The van der Waals surface area contributed by atoms with Crippen LogP contribution in [0.4, 0.5) is 29.6 Å². The average molecular weight is 588 g/mol. The zero-order chi connectivity index (χ0) is 30.7. The highest BCUT2D eigenvalue weighted by atomic mass is 19.4. The summed E-state index contributed by atoms with van der Waals surface area (Å²) in [6, 6.07) is 8.93. The molecule has 10 nitrogen and oxygen atoms in total. The number of nitrogens with one attached hydrogen (secondary N) is 1. The number of rotatable bonds is 8. The molecule has 1 fully saturated rings. The lowest BCUT2D eigenvalue weighted by Gasteiger charge is -2.33. The minimum Gasteiger partial charge on any atom is -0.444 e. The van der Waals surface area contributed by atoms with Crippen molar-refractivity contribution in [1.82, 2.24) is 24.6 Å². The van der Waals surface area contributed by atoms with E-state index in [2.05, 4.69) is 20.4 Å². The number of likely N-dealkylation sites (tertiary alicyclic amines) is 1. The van der Waals surface area contributed by atoms with E-state index in [9.17, 15) is 22.8 Å². The number of nitrogens with two attached hydrogens (primary N) is 1. The molecule has 2 unspecified atom stereocenters. The summed E-state index contributed by atoms with van der Waals surface area (Å²) >= 11 is 0. The van der Waals surface area contributed by atoms with Crippen LogP contribution in [0, 0.1) is 5.92 Å². The first-order valence-corrected chi connectivity index (χ1v) is 13.8. The molecule has 3 aromatic rings. The number of carbonyl (C=O) groups excluding carboxylic acids is 2. The first-order valence-electron chi connectivity index (χ1n) is 13.8. The van der Waals surface area contributed by atoms with Crippen molar-refractivity contribution in [3.63, 3.8) is 0 Å². The van der Waals surface area contributed by atoms with Crippen molar-refractivity contribution in [1.29, 1.82) is 0 Å². The van der Waals surface area contributed by atoms with Crippen molar-refractivity contribution < 1.29 is 27.5 Å². The molecule has 226 valence electrons. The SMILES string of the molecule is CC(C(N)=O)C(Cc1ccccc1)c1nc(Nc2cnn(C3CCN(C(=O)OC(C)(C)C)CC3)c2)ncc1C(F)(F)F. The second kappa shape index (κ2) is 12.4. The Kier molecular flexibility index (Phi) is 9.07. The van der Waals surface area contributed by atoms with E-state index in [1.165, 1.54) is 13.1 Å². The quantitative estimate of drug-likeness (QED) is 0.358. The number of primary amides is 1. The fourth-order valence-corrected chi connectivity index (χ4v) is 4.90. The maximum absolute atomic E-state index is 14.1. The van der Waals surface area contributed by atoms with Gasteiger partial charge >= 0.3 is 12.3 Å². The number of nitrogens with zero attached hydrogens (tertiary/aromatic N) is 5. The number of anilines is 2. The molecule has 0 saturated carbocycles. The number of aromatic nitrogens is 4. The summed E-state index contributed by atoms with van der Waals surface area (Å²) in [5.41, 5.74) is 4.89. The summed E-state index contributed by atoms with van der Waals surface area (Å²) in [4.78, 5) is 34.4. The molecular weight excluding hydrogens is 551 g/mol. The van der Waals surface area contributed by atoms with Crippen LogP contribution in [0.3, 0.4) is 0 Å². The van der Waals surface area contributed by atoms with Crippen molar-refractivity contribution in [2.24, 2.45) is 11.7 Å². The van der Waals surface area contributed by atoms with Crippen LogP contribution in [-0.2, 0) is 22.1 Å². The summed E-state index contributed by atoms with van der Waals surface area (Å²) in [7, 11) is 0. The molecule has 0 spiro atoms. The molecular formula is C29H36F3N7O3. The number of halogens is 3. The van der Waals surface area contributed by atoms with Gasteiger partial charge in [0.2, 0.25) is 11.9 Å². The number of carbonyl (C=O) groups is 2. The molecule has 0 radical (unpaired) electrons. The molecule has 1 aliphatic heterocycles. The molecule has 1 saturated heterocycles. The van der Waals surface area contributed by atoms with Crippen LogP contribution >= 0.6 is 0 Å². The Morgan fingerprint density at radius 3 is 2.38 bits per heavy atom. The second-order valence-electron chi connectivity index (χ2n) is 11.5. The third-order valence-electron chi connectivity index (χ3n) is 7.17. The van der Waals surface area contributed by atoms with Gasteiger partial charge in [-0.05, 0) is 45.6 Å². The fourth-order valence-electron chi connectivity index (χ4n) is 4.90. The molecule has 2 amide bonds. The third-order valence-corrected chi connectivity index (χ3v) is 7.17. The van der Waals surface area contributed by atoms with Crippen LogP contribution < -0.4 is 11.1 Å². The normalized spacial score (nSPS) is 16.1. The highest BCUT2D eigenvalue weighted by molar-refractivity contribution is 5.77. The van der Waals surface area contributed by atoms with Crippen LogP contribution in [0.1, 0.15) is 69.3 Å². The van der Waals surface area contributed by atoms with Gasteiger partial charge in [0.05, 0.1) is 29.2 Å². The van der Waals surface area contributed by atoms with Crippen LogP contribution in [-0.4, -0.2) is 55.3 Å². The maximum atomic E-state index is 14.1. The molecule has 3 N–H and O–H groups in total. The van der Waals surface area contributed by atoms with Crippen molar-refractivity contribution in [2.75, 3.05) is 18.4 Å². The maximum Gasteiger partial charge on any atom is 0.419 e. The average Bonchev–Trinajstić information content (AvgIpc) is 3.39. The molecule has 2 atom stereocenters. The molecule has 42 heavy (non-hydrogen) atoms. The van der Waals surface area contributed by atoms with E-state index >= 15 is 0 Å². The highest BCUT2D eigenvalue weighted by Gasteiger charge is 2.39. The van der Waals surface area contributed by atoms with Gasteiger partial charge in [-0.1, -0.05) is 37.3 Å². The predicted molar refractivity (Wildman–Crippen MR) is 150 cm³/mol. The van der Waals surface area contributed by atoms with E-state index in [0.717, 1.165) is 11.8 Å². The standard InChI is InChI=1S/C29H36F3N7O3/c1-18(25(33)40)22(14-19-8-6-5-7-9-19)24-23(29(30,31)32)16-34-26(37-24)36-20-15-35-39(17-20)21-10-12-38(13-11-21)27(41)42-28(2,3)4/h5-9,15-18,21-22H,10-14H2,1-4H3,(H2,33,40)(H,34,36,37). The fraction of sp³-hybridized carbons (Fsp3) is 0.483. The Morgan fingerprint density at radius 2 is 1.79 bits per heavy atom. The van der Waals surface area contributed by atoms with E-state index in [1.807, 2.05) is 20.8 Å². The zero-order valence-electron chi connectivity index (χ0n) is 24.1. The number of alkyl halides is 3. The second-order valence-corrected chi connectivity index (χ2v) is 11.5. The summed E-state index contributed by atoms with van der Waals surface area (Å²) in [6.45, 7) is 7.98. The molecule has 13 heteroatoms. The first kappa shape index (κ1) is 30.8. The minimum absolute atomic E-state index is 0.0231. The van der Waals surface area contributed by atoms with Crippen molar-refractivity contribution in [3.8, 4) is 0 Å². The summed E-state index contributed by atoms with van der Waals surface area (Å²) in [6.07, 6.45) is 0.351. The molecule has 0 aliphatic carbocycles. The monoisotopic (exact) mass is 587 g/mol. The van der Waals surface area contributed by atoms with E-state index in [-0.39, 0.29) is 30.2 Å². The zero-order valence-corrected chi connectivity index (χ0v) is 24.1. The van der Waals surface area contributed by atoms with Gasteiger partial charge in [0, 0.05) is 37.3 Å². The Balaban J connectivity index is 1.53. The number of ether oxygens (including phenoxy) is 1. The summed E-state index contributed by atoms with van der Waals surface area (Å²) < 4.78 is 49.4. The smallest absolute Gasteiger partial charge is 0.419 e. The van der Waals surface area contributed by atoms with E-state index in [4.69, 9.17) is 10.5 Å². The number of amides is 2. The molecule has 0 bridgehead atoms. The molecule has 1 aromatic carbocycles. The largest absolute Gasteiger partial charge is 0.444 e. The number of hydrogen-bond acceptors (Lipinski definition) is 7. The molecule has 2 aromatic heterocycles. The minimum atomic E-state index is -4.74. The van der Waals surface area contributed by atoms with Crippen molar-refractivity contribution >= 4 is 23.6 Å². The number of hydrogen-bond donors (Lipinski definition) is 2. The summed E-state index contributed by atoms with van der Waals surface area (Å²) in [5, 5.41) is 7.36. The van der Waals surface area contributed by atoms with Gasteiger partial charge < -0.3 is 20.7 Å².